The topological polar surface area (TPSA) is 54.1 Å². The fourth-order valence-corrected chi connectivity index (χ4v) is 3.37. The van der Waals surface area contributed by atoms with Gasteiger partial charge in [-0.05, 0) is 70.5 Å². The summed E-state index contributed by atoms with van der Waals surface area (Å²) in [5.41, 5.74) is 3.20. The quantitative estimate of drug-likeness (QED) is 0.666. The smallest absolute Gasteiger partial charge is 0.234 e. The fraction of sp³-hybridized carbons (Fsp3) is 0.318. The molecule has 2 N–H and O–H groups in total. The summed E-state index contributed by atoms with van der Waals surface area (Å²) in [4.78, 5) is 16.4. The van der Waals surface area contributed by atoms with Gasteiger partial charge in [-0.15, -0.1) is 0 Å². The van der Waals surface area contributed by atoms with E-state index in [1.807, 2.05) is 77.1 Å². The van der Waals surface area contributed by atoms with Crippen LogP contribution in [0.5, 0.6) is 5.75 Å². The Morgan fingerprint density at radius 3 is 2.38 bits per heavy atom. The van der Waals surface area contributed by atoms with Gasteiger partial charge in [-0.1, -0.05) is 18.2 Å². The number of nitrogens with one attached hydrogen (secondary N) is 2. The number of aromatic nitrogens is 1. The first-order valence-electron chi connectivity index (χ1n) is 8.95. The van der Waals surface area contributed by atoms with Crippen molar-refractivity contribution < 1.29 is 9.53 Å². The van der Waals surface area contributed by atoms with E-state index in [0.717, 1.165) is 33.6 Å². The van der Waals surface area contributed by atoms with Crippen molar-refractivity contribution in [1.29, 1.82) is 0 Å². The van der Waals surface area contributed by atoms with E-state index in [0.29, 0.717) is 0 Å². The van der Waals surface area contributed by atoms with Gasteiger partial charge in [-0.2, -0.15) is 0 Å². The van der Waals surface area contributed by atoms with Crippen molar-refractivity contribution in [3.8, 4) is 5.75 Å². The molecular formula is C22H26N2O2. The zero-order valence-corrected chi connectivity index (χ0v) is 16.0. The molecule has 0 aliphatic heterocycles. The number of hydrogen-bond donors (Lipinski definition) is 2. The van der Waals surface area contributed by atoms with Crippen LogP contribution < -0.4 is 10.1 Å². The second-order valence-corrected chi connectivity index (χ2v) is 7.44. The van der Waals surface area contributed by atoms with E-state index >= 15 is 0 Å². The predicted octanol–water partition coefficient (Wildman–Crippen LogP) is 5.18. The van der Waals surface area contributed by atoms with Crippen LogP contribution in [0.25, 0.3) is 10.9 Å². The summed E-state index contributed by atoms with van der Waals surface area (Å²) >= 11 is 0. The van der Waals surface area contributed by atoms with E-state index in [9.17, 15) is 4.79 Å². The van der Waals surface area contributed by atoms with Crippen molar-refractivity contribution in [1.82, 2.24) is 4.98 Å². The monoisotopic (exact) mass is 350 g/mol. The number of anilines is 1. The largest absolute Gasteiger partial charge is 0.491 e. The Balaban J connectivity index is 1.85. The molecule has 0 saturated carbocycles. The average Bonchev–Trinajstić information content (AvgIpc) is 2.92. The Bertz CT molecular complexity index is 921. The molecule has 3 rings (SSSR count). The van der Waals surface area contributed by atoms with E-state index in [-0.39, 0.29) is 12.0 Å². The van der Waals surface area contributed by atoms with Gasteiger partial charge in [0.2, 0.25) is 5.91 Å². The van der Waals surface area contributed by atoms with E-state index in [2.05, 4.69) is 16.4 Å². The molecule has 0 spiro atoms. The van der Waals surface area contributed by atoms with E-state index in [1.165, 1.54) is 0 Å². The molecule has 4 heteroatoms. The molecule has 1 amide bonds. The zero-order valence-electron chi connectivity index (χ0n) is 16.0. The highest BCUT2D eigenvalue weighted by atomic mass is 16.5. The lowest BCUT2D eigenvalue weighted by Crippen LogP contribution is -2.35. The first-order valence-corrected chi connectivity index (χ1v) is 8.95. The predicted molar refractivity (Wildman–Crippen MR) is 107 cm³/mol. The van der Waals surface area contributed by atoms with Crippen LogP contribution in [-0.2, 0) is 10.2 Å². The molecule has 0 bridgehead atoms. The number of H-pyrrole nitrogens is 1. The number of carbonyl (C=O) groups excluding carboxylic acids is 1. The van der Waals surface area contributed by atoms with E-state index < -0.39 is 5.41 Å². The molecule has 0 fully saturated rings. The molecule has 136 valence electrons. The molecule has 1 heterocycles. The van der Waals surface area contributed by atoms with Crippen molar-refractivity contribution in [2.45, 2.75) is 46.1 Å². The average molecular weight is 350 g/mol. The Labute approximate surface area is 154 Å². The molecule has 0 aliphatic rings. The first kappa shape index (κ1) is 18.1. The minimum atomic E-state index is -0.670. The second-order valence-electron chi connectivity index (χ2n) is 7.44. The molecule has 0 atom stereocenters. The van der Waals surface area contributed by atoms with Crippen molar-refractivity contribution in [2.75, 3.05) is 5.32 Å². The van der Waals surface area contributed by atoms with Gasteiger partial charge in [-0.3, -0.25) is 4.79 Å². The molecule has 1 aromatic heterocycles. The van der Waals surface area contributed by atoms with Gasteiger partial charge in [0.25, 0.3) is 0 Å². The summed E-state index contributed by atoms with van der Waals surface area (Å²) in [6.45, 7) is 9.91. The minimum Gasteiger partial charge on any atom is -0.491 e. The number of para-hydroxylation sites is 1. The van der Waals surface area contributed by atoms with Crippen LogP contribution in [0.1, 0.15) is 39.0 Å². The second kappa shape index (κ2) is 6.87. The van der Waals surface area contributed by atoms with Gasteiger partial charge in [0.15, 0.2) is 0 Å². The summed E-state index contributed by atoms with van der Waals surface area (Å²) < 4.78 is 5.65. The van der Waals surface area contributed by atoms with Crippen molar-refractivity contribution in [3.63, 3.8) is 0 Å². The number of amides is 1. The summed E-state index contributed by atoms with van der Waals surface area (Å²) in [5, 5.41) is 4.12. The highest BCUT2D eigenvalue weighted by Crippen LogP contribution is 2.34. The number of rotatable bonds is 5. The molecule has 0 radical (unpaired) electrons. The number of aromatic amines is 1. The van der Waals surface area contributed by atoms with Crippen LogP contribution in [0.15, 0.2) is 48.5 Å². The number of aryl methyl sites for hydroxylation is 1. The minimum absolute atomic E-state index is 0.0390. The Hall–Kier alpha value is -2.75. The van der Waals surface area contributed by atoms with Crippen molar-refractivity contribution in [3.05, 3.63) is 59.8 Å². The van der Waals surface area contributed by atoms with Crippen LogP contribution in [0, 0.1) is 6.92 Å². The van der Waals surface area contributed by atoms with Gasteiger partial charge in [-0.25, -0.2) is 0 Å². The third-order valence-electron chi connectivity index (χ3n) is 4.57. The van der Waals surface area contributed by atoms with E-state index in [4.69, 9.17) is 4.74 Å². The SMILES string of the molecule is Cc1[nH]c2ccccc2c1C(C)(C)C(=O)Nc1ccc(OC(C)C)cc1. The summed E-state index contributed by atoms with van der Waals surface area (Å²) in [7, 11) is 0. The standard InChI is InChI=1S/C22H26N2O2/c1-14(2)26-17-12-10-16(11-13-17)24-21(25)22(4,5)20-15(3)23-19-9-7-6-8-18(19)20/h6-14,23H,1-5H3,(H,24,25). The maximum absolute atomic E-state index is 13.0. The van der Waals surface area contributed by atoms with Gasteiger partial charge in [0, 0.05) is 22.3 Å². The van der Waals surface area contributed by atoms with Crippen LogP contribution in [0.4, 0.5) is 5.69 Å². The number of benzene rings is 2. The summed E-state index contributed by atoms with van der Waals surface area (Å²) in [6, 6.07) is 15.6. The van der Waals surface area contributed by atoms with Crippen LogP contribution in [0.3, 0.4) is 0 Å². The molecule has 0 aliphatic carbocycles. The lowest BCUT2D eigenvalue weighted by molar-refractivity contribution is -0.120. The van der Waals surface area contributed by atoms with E-state index in [1.54, 1.807) is 0 Å². The third-order valence-corrected chi connectivity index (χ3v) is 4.57. The first-order chi connectivity index (χ1) is 12.3. The van der Waals surface area contributed by atoms with Crippen LogP contribution >= 0.6 is 0 Å². The third kappa shape index (κ3) is 3.45. The molecule has 0 unspecified atom stereocenters. The van der Waals surface area contributed by atoms with Crippen molar-refractivity contribution >= 4 is 22.5 Å². The lowest BCUT2D eigenvalue weighted by Gasteiger charge is -2.25. The van der Waals surface area contributed by atoms with Crippen LogP contribution in [-0.4, -0.2) is 17.0 Å². The normalized spacial score (nSPS) is 11.8. The maximum atomic E-state index is 13.0. The summed E-state index contributed by atoms with van der Waals surface area (Å²) in [5.74, 6) is 0.757. The Kier molecular flexibility index (Phi) is 4.77. The van der Waals surface area contributed by atoms with Gasteiger partial charge in [0.05, 0.1) is 11.5 Å². The number of fused-ring (bicyclic) bond motifs is 1. The zero-order chi connectivity index (χ0) is 18.9. The van der Waals surface area contributed by atoms with Crippen LogP contribution in [0.2, 0.25) is 0 Å². The number of carbonyl (C=O) groups is 1. The molecule has 2 aromatic carbocycles. The van der Waals surface area contributed by atoms with Gasteiger partial charge >= 0.3 is 0 Å². The van der Waals surface area contributed by atoms with Gasteiger partial charge in [0.1, 0.15) is 5.75 Å². The molecule has 0 saturated heterocycles. The molecule has 4 nitrogen and oxygen atoms in total. The molecule has 26 heavy (non-hydrogen) atoms. The van der Waals surface area contributed by atoms with Gasteiger partial charge < -0.3 is 15.0 Å². The highest BCUT2D eigenvalue weighted by molar-refractivity contribution is 6.02. The molecule has 3 aromatic rings. The maximum Gasteiger partial charge on any atom is 0.234 e. The molecular weight excluding hydrogens is 324 g/mol. The number of hydrogen-bond acceptors (Lipinski definition) is 2. The number of ether oxygens (including phenoxy) is 1. The van der Waals surface area contributed by atoms with Crippen molar-refractivity contribution in [2.24, 2.45) is 0 Å². The Morgan fingerprint density at radius 2 is 1.73 bits per heavy atom. The Morgan fingerprint density at radius 1 is 1.08 bits per heavy atom. The summed E-state index contributed by atoms with van der Waals surface area (Å²) in [6.07, 6.45) is 0.124. The highest BCUT2D eigenvalue weighted by Gasteiger charge is 2.34. The lowest BCUT2D eigenvalue weighted by atomic mass is 9.81. The fourth-order valence-electron chi connectivity index (χ4n) is 3.37.